The highest BCUT2D eigenvalue weighted by molar-refractivity contribution is 6.01. The Kier molecular flexibility index (Phi) is 6.67. The van der Waals surface area contributed by atoms with Crippen molar-refractivity contribution in [3.05, 3.63) is 103 Å². The van der Waals surface area contributed by atoms with Gasteiger partial charge in [-0.05, 0) is 49.6 Å². The summed E-state index contributed by atoms with van der Waals surface area (Å²) >= 11 is 0. The number of nitrogens with zero attached hydrogens (tertiary/aromatic N) is 5. The van der Waals surface area contributed by atoms with Crippen molar-refractivity contribution in [3.63, 3.8) is 0 Å². The van der Waals surface area contributed by atoms with Crippen LogP contribution in [0.4, 0.5) is 22.1 Å². The van der Waals surface area contributed by atoms with Gasteiger partial charge in [0.05, 0.1) is 29.2 Å². The molecule has 2 saturated heterocycles. The van der Waals surface area contributed by atoms with Crippen molar-refractivity contribution < 1.29 is 14.7 Å². The molecule has 39 heavy (non-hydrogen) atoms. The van der Waals surface area contributed by atoms with Gasteiger partial charge in [0.2, 0.25) is 5.95 Å². The molecule has 6 rings (SSSR count). The molecule has 0 aliphatic carbocycles. The highest BCUT2D eigenvalue weighted by Crippen LogP contribution is 2.38. The van der Waals surface area contributed by atoms with E-state index >= 15 is 0 Å². The minimum absolute atomic E-state index is 0.0947. The highest BCUT2D eigenvalue weighted by atomic mass is 16.4. The summed E-state index contributed by atoms with van der Waals surface area (Å²) in [5.41, 5.74) is 3.12. The average molecular weight is 520 g/mol. The van der Waals surface area contributed by atoms with E-state index in [-0.39, 0.29) is 18.6 Å². The molecule has 0 unspecified atom stereocenters. The molecule has 3 heterocycles. The standard InChI is InChI=1S/C31H29N5O3/c37-29(38)28-27-18-10-17-25(36(27)30-32-20-19-26(33-30)22-11-4-1-5-12-22)21-34(28)31(39)35(23-13-6-2-7-14-23)24-15-8-3-9-16-24/h1-9,11-16,19-20,25,27-28H,10,17-18,21H2,(H,37,38)/t25-,27+,28-/m0/s1. The molecule has 0 saturated carbocycles. The van der Waals surface area contributed by atoms with E-state index in [0.717, 1.165) is 24.1 Å². The molecule has 2 fully saturated rings. The number of carbonyl (C=O) groups excluding carboxylic acids is 1. The predicted molar refractivity (Wildman–Crippen MR) is 150 cm³/mol. The smallest absolute Gasteiger partial charge is 0.329 e. The van der Waals surface area contributed by atoms with E-state index < -0.39 is 18.1 Å². The molecule has 4 aromatic rings. The second-order valence-electron chi connectivity index (χ2n) is 9.89. The van der Waals surface area contributed by atoms with E-state index in [4.69, 9.17) is 4.98 Å². The molecule has 3 atom stereocenters. The summed E-state index contributed by atoms with van der Waals surface area (Å²) in [6.45, 7) is 0.265. The molecule has 8 heteroatoms. The molecule has 8 nitrogen and oxygen atoms in total. The molecule has 0 radical (unpaired) electrons. The highest BCUT2D eigenvalue weighted by Gasteiger charge is 2.51. The second-order valence-corrected chi connectivity index (χ2v) is 9.89. The van der Waals surface area contributed by atoms with Gasteiger partial charge >= 0.3 is 12.0 Å². The lowest BCUT2D eigenvalue weighted by Gasteiger charge is -2.53. The zero-order valence-corrected chi connectivity index (χ0v) is 21.4. The maximum Gasteiger partial charge on any atom is 0.329 e. The molecule has 3 aromatic carbocycles. The van der Waals surface area contributed by atoms with Gasteiger partial charge < -0.3 is 14.9 Å². The van der Waals surface area contributed by atoms with Crippen LogP contribution in [0.3, 0.4) is 0 Å². The van der Waals surface area contributed by atoms with Crippen LogP contribution in [0.2, 0.25) is 0 Å². The van der Waals surface area contributed by atoms with Crippen LogP contribution in [0.25, 0.3) is 11.3 Å². The molecule has 2 bridgehead atoms. The number of likely N-dealkylation sites (tertiary alicyclic amines) is 1. The lowest BCUT2D eigenvalue weighted by atomic mass is 9.86. The number of anilines is 3. The Labute approximate surface area is 227 Å². The first kappa shape index (κ1) is 24.6. The van der Waals surface area contributed by atoms with Crippen LogP contribution in [-0.4, -0.2) is 56.6 Å². The normalized spacial score (nSPS) is 20.4. The molecule has 1 aromatic heterocycles. The van der Waals surface area contributed by atoms with E-state index in [9.17, 15) is 14.7 Å². The minimum atomic E-state index is -1.05. The third kappa shape index (κ3) is 4.69. The Bertz CT molecular complexity index is 1410. The van der Waals surface area contributed by atoms with Crippen molar-refractivity contribution in [2.24, 2.45) is 0 Å². The van der Waals surface area contributed by atoms with Crippen molar-refractivity contribution >= 4 is 29.3 Å². The van der Waals surface area contributed by atoms with Crippen molar-refractivity contribution in [1.82, 2.24) is 14.9 Å². The van der Waals surface area contributed by atoms with Crippen molar-refractivity contribution in [3.8, 4) is 11.3 Å². The van der Waals surface area contributed by atoms with Gasteiger partial charge in [0.15, 0.2) is 6.04 Å². The van der Waals surface area contributed by atoms with Crippen LogP contribution in [0.1, 0.15) is 19.3 Å². The third-order valence-electron chi connectivity index (χ3n) is 7.56. The van der Waals surface area contributed by atoms with Crippen LogP contribution in [0.5, 0.6) is 0 Å². The Hall–Kier alpha value is -4.72. The Balaban J connectivity index is 1.38. The fraction of sp³-hybridized carbons (Fsp3) is 0.226. The van der Waals surface area contributed by atoms with Crippen molar-refractivity contribution in [1.29, 1.82) is 0 Å². The van der Waals surface area contributed by atoms with Gasteiger partial charge in [-0.15, -0.1) is 0 Å². The van der Waals surface area contributed by atoms with Crippen molar-refractivity contribution in [2.45, 2.75) is 37.4 Å². The van der Waals surface area contributed by atoms with Crippen molar-refractivity contribution in [2.75, 3.05) is 16.3 Å². The van der Waals surface area contributed by atoms with Crippen LogP contribution >= 0.6 is 0 Å². The monoisotopic (exact) mass is 519 g/mol. The van der Waals surface area contributed by atoms with Crippen LogP contribution < -0.4 is 9.80 Å². The van der Waals surface area contributed by atoms with Gasteiger partial charge in [0, 0.05) is 18.3 Å². The summed E-state index contributed by atoms with van der Waals surface area (Å²) < 4.78 is 0. The lowest BCUT2D eigenvalue weighted by Crippen LogP contribution is -2.70. The summed E-state index contributed by atoms with van der Waals surface area (Å²) in [6.07, 6.45) is 4.06. The zero-order valence-electron chi connectivity index (χ0n) is 21.4. The maximum atomic E-state index is 14.3. The van der Waals surface area contributed by atoms with Gasteiger partial charge in [-0.1, -0.05) is 66.7 Å². The minimum Gasteiger partial charge on any atom is -0.480 e. The first-order valence-electron chi connectivity index (χ1n) is 13.2. The largest absolute Gasteiger partial charge is 0.480 e. The van der Waals surface area contributed by atoms with Crippen LogP contribution in [0.15, 0.2) is 103 Å². The Morgan fingerprint density at radius 3 is 2.05 bits per heavy atom. The molecule has 2 aliphatic rings. The third-order valence-corrected chi connectivity index (χ3v) is 7.56. The van der Waals surface area contributed by atoms with E-state index in [0.29, 0.717) is 23.7 Å². The number of piperidine rings is 1. The summed E-state index contributed by atoms with van der Waals surface area (Å²) in [4.78, 5) is 41.7. The van der Waals surface area contributed by atoms with Gasteiger partial charge in [-0.25, -0.2) is 19.6 Å². The Morgan fingerprint density at radius 2 is 1.44 bits per heavy atom. The Morgan fingerprint density at radius 1 is 0.821 bits per heavy atom. The number of carboxylic acid groups (broad SMARTS) is 1. The van der Waals surface area contributed by atoms with Gasteiger partial charge in [0.1, 0.15) is 0 Å². The first-order valence-corrected chi connectivity index (χ1v) is 13.2. The lowest BCUT2D eigenvalue weighted by molar-refractivity contribution is -0.144. The number of amides is 2. The number of hydrogen-bond donors (Lipinski definition) is 1. The number of piperazine rings is 1. The number of aliphatic carboxylic acids is 1. The van der Waals surface area contributed by atoms with Gasteiger partial charge in [-0.3, -0.25) is 4.90 Å². The van der Waals surface area contributed by atoms with Gasteiger partial charge in [0.25, 0.3) is 0 Å². The van der Waals surface area contributed by atoms with E-state index in [1.165, 1.54) is 4.90 Å². The molecule has 196 valence electrons. The molecule has 2 aliphatic heterocycles. The number of carboxylic acids is 1. The topological polar surface area (TPSA) is 89.9 Å². The molecular formula is C31H29N5O3. The fourth-order valence-corrected chi connectivity index (χ4v) is 5.85. The van der Waals surface area contributed by atoms with Gasteiger partial charge in [-0.2, -0.15) is 0 Å². The number of carbonyl (C=O) groups is 2. The van der Waals surface area contributed by atoms with Crippen LogP contribution in [0, 0.1) is 0 Å². The molecule has 2 amide bonds. The maximum absolute atomic E-state index is 14.3. The van der Waals surface area contributed by atoms with Crippen LogP contribution in [-0.2, 0) is 4.79 Å². The SMILES string of the molecule is O=C(O)[C@@H]1[C@H]2CCC[C@@H](CN1C(=O)N(c1ccccc1)c1ccccc1)N2c1nccc(-c2ccccc2)n1. The summed E-state index contributed by atoms with van der Waals surface area (Å²) in [5, 5.41) is 10.5. The quantitative estimate of drug-likeness (QED) is 0.369. The zero-order chi connectivity index (χ0) is 26.8. The number of benzene rings is 3. The number of rotatable bonds is 5. The first-order chi connectivity index (χ1) is 19.1. The summed E-state index contributed by atoms with van der Waals surface area (Å²) in [6, 6.07) is 28.5. The van der Waals surface area contributed by atoms with E-state index in [1.807, 2.05) is 102 Å². The predicted octanol–water partition coefficient (Wildman–Crippen LogP) is 5.60. The summed E-state index contributed by atoms with van der Waals surface area (Å²) in [5.74, 6) is -0.522. The van der Waals surface area contributed by atoms with E-state index in [2.05, 4.69) is 4.98 Å². The fourth-order valence-electron chi connectivity index (χ4n) is 5.85. The number of hydrogen-bond acceptors (Lipinski definition) is 5. The second kappa shape index (κ2) is 10.6. The molecular weight excluding hydrogens is 490 g/mol. The van der Waals surface area contributed by atoms with E-state index in [1.54, 1.807) is 11.1 Å². The molecule has 0 spiro atoms. The average Bonchev–Trinajstić information content (AvgIpc) is 2.98. The number of fused-ring (bicyclic) bond motifs is 2. The summed E-state index contributed by atoms with van der Waals surface area (Å²) in [7, 11) is 0. The number of aromatic nitrogens is 2. The molecule has 1 N–H and O–H groups in total. The number of urea groups is 1. The number of para-hydroxylation sites is 2.